The van der Waals surface area contributed by atoms with Gasteiger partial charge in [0.2, 0.25) is 0 Å². The fourth-order valence-electron chi connectivity index (χ4n) is 4.06. The average molecular weight is 332 g/mol. The van der Waals surface area contributed by atoms with Crippen molar-refractivity contribution in [3.05, 3.63) is 23.8 Å². The molecule has 1 unspecified atom stereocenters. The molecule has 0 aromatic heterocycles. The molecule has 132 valence electrons. The second-order valence-electron chi connectivity index (χ2n) is 6.90. The first-order valence-corrected chi connectivity index (χ1v) is 9.34. The van der Waals surface area contributed by atoms with E-state index in [-0.39, 0.29) is 0 Å². The molecule has 5 heteroatoms. The van der Waals surface area contributed by atoms with Crippen LogP contribution >= 0.6 is 0 Å². The molecular formula is C19H28N2O3. The Morgan fingerprint density at radius 2 is 1.75 bits per heavy atom. The minimum Gasteiger partial charge on any atom is -0.486 e. The number of hydrogen-bond donors (Lipinski definition) is 0. The highest BCUT2D eigenvalue weighted by molar-refractivity contribution is 5.44. The van der Waals surface area contributed by atoms with Crippen molar-refractivity contribution in [3.8, 4) is 11.5 Å². The second kappa shape index (κ2) is 7.72. The minimum absolute atomic E-state index is 0.533. The van der Waals surface area contributed by atoms with Gasteiger partial charge in [0.15, 0.2) is 11.5 Å². The molecule has 3 aliphatic heterocycles. The maximum Gasteiger partial charge on any atom is 0.161 e. The van der Waals surface area contributed by atoms with Crippen molar-refractivity contribution in [3.63, 3.8) is 0 Å². The molecule has 0 spiro atoms. The van der Waals surface area contributed by atoms with Gasteiger partial charge in [-0.25, -0.2) is 0 Å². The molecule has 0 N–H and O–H groups in total. The molecule has 5 nitrogen and oxygen atoms in total. The first kappa shape index (κ1) is 16.2. The molecule has 24 heavy (non-hydrogen) atoms. The van der Waals surface area contributed by atoms with Gasteiger partial charge in [0.25, 0.3) is 0 Å². The molecule has 2 fully saturated rings. The van der Waals surface area contributed by atoms with Gasteiger partial charge in [0.05, 0.1) is 13.2 Å². The van der Waals surface area contributed by atoms with E-state index in [9.17, 15) is 0 Å². The molecule has 1 aromatic carbocycles. The predicted octanol–water partition coefficient (Wildman–Crippen LogP) is 2.32. The van der Waals surface area contributed by atoms with Crippen molar-refractivity contribution in [2.24, 2.45) is 0 Å². The first-order chi connectivity index (χ1) is 11.9. The molecule has 0 amide bonds. The minimum atomic E-state index is 0.533. The molecule has 1 aromatic rings. The summed E-state index contributed by atoms with van der Waals surface area (Å²) < 4.78 is 16.8. The monoisotopic (exact) mass is 332 g/mol. The highest BCUT2D eigenvalue weighted by Gasteiger charge is 2.27. The van der Waals surface area contributed by atoms with Gasteiger partial charge in [-0.1, -0.05) is 6.07 Å². The molecule has 3 heterocycles. The lowest BCUT2D eigenvalue weighted by molar-refractivity contribution is 0.0359. The van der Waals surface area contributed by atoms with E-state index in [2.05, 4.69) is 28.0 Å². The summed E-state index contributed by atoms with van der Waals surface area (Å²) in [5.41, 5.74) is 1.38. The Kier molecular flexibility index (Phi) is 5.21. The molecule has 1 atom stereocenters. The van der Waals surface area contributed by atoms with Gasteiger partial charge in [-0.3, -0.25) is 9.80 Å². The maximum absolute atomic E-state index is 5.76. The van der Waals surface area contributed by atoms with Crippen LogP contribution in [0.4, 0.5) is 0 Å². The highest BCUT2D eigenvalue weighted by atomic mass is 16.6. The van der Waals surface area contributed by atoms with E-state index in [0.29, 0.717) is 19.3 Å². The lowest BCUT2D eigenvalue weighted by Gasteiger charge is -2.29. The Morgan fingerprint density at radius 1 is 0.917 bits per heavy atom. The van der Waals surface area contributed by atoms with Gasteiger partial charge in [0, 0.05) is 19.1 Å². The van der Waals surface area contributed by atoms with Gasteiger partial charge in [0.1, 0.15) is 13.2 Å². The number of ether oxygens (including phenoxy) is 3. The summed E-state index contributed by atoms with van der Waals surface area (Å²) in [4.78, 5) is 5.17. The third-order valence-electron chi connectivity index (χ3n) is 5.34. The summed E-state index contributed by atoms with van der Waals surface area (Å²) in [6.07, 6.45) is 3.77. The Morgan fingerprint density at radius 3 is 2.62 bits per heavy atom. The summed E-state index contributed by atoms with van der Waals surface area (Å²) in [5.74, 6) is 1.81. The van der Waals surface area contributed by atoms with Crippen molar-refractivity contribution in [1.29, 1.82) is 0 Å². The number of nitrogens with zero attached hydrogens (tertiary/aromatic N) is 2. The van der Waals surface area contributed by atoms with Gasteiger partial charge < -0.3 is 14.2 Å². The van der Waals surface area contributed by atoms with Gasteiger partial charge in [-0.2, -0.15) is 0 Å². The van der Waals surface area contributed by atoms with Crippen molar-refractivity contribution in [1.82, 2.24) is 9.80 Å². The summed E-state index contributed by atoms with van der Waals surface area (Å²) in [6.45, 7) is 8.85. The van der Waals surface area contributed by atoms with E-state index in [1.807, 2.05) is 0 Å². The van der Waals surface area contributed by atoms with Gasteiger partial charge in [-0.15, -0.1) is 0 Å². The molecule has 2 saturated heterocycles. The largest absolute Gasteiger partial charge is 0.486 e. The van der Waals surface area contributed by atoms with Crippen LogP contribution < -0.4 is 9.47 Å². The normalized spacial score (nSPS) is 25.1. The van der Waals surface area contributed by atoms with E-state index in [4.69, 9.17) is 14.2 Å². The molecule has 0 radical (unpaired) electrons. The lowest BCUT2D eigenvalue weighted by atomic mass is 10.0. The second-order valence-corrected chi connectivity index (χ2v) is 6.90. The zero-order chi connectivity index (χ0) is 16.2. The first-order valence-electron chi connectivity index (χ1n) is 9.34. The van der Waals surface area contributed by atoms with Crippen LogP contribution in [0.25, 0.3) is 0 Å². The Bertz CT molecular complexity index is 545. The summed E-state index contributed by atoms with van der Waals surface area (Å²) in [5, 5.41) is 0. The van der Waals surface area contributed by atoms with Crippen LogP contribution in [-0.4, -0.2) is 69.0 Å². The zero-order valence-electron chi connectivity index (χ0n) is 14.4. The average Bonchev–Trinajstić information content (AvgIpc) is 3.11. The third kappa shape index (κ3) is 3.68. The number of fused-ring (bicyclic) bond motifs is 1. The Labute approximate surface area is 144 Å². The van der Waals surface area contributed by atoms with Crippen molar-refractivity contribution >= 4 is 0 Å². The number of benzene rings is 1. The van der Waals surface area contributed by atoms with Crippen LogP contribution in [0.3, 0.4) is 0 Å². The van der Waals surface area contributed by atoms with E-state index in [1.54, 1.807) is 0 Å². The zero-order valence-corrected chi connectivity index (χ0v) is 14.4. The van der Waals surface area contributed by atoms with Crippen LogP contribution in [0.15, 0.2) is 18.2 Å². The molecule has 0 bridgehead atoms. The van der Waals surface area contributed by atoms with E-state index < -0.39 is 0 Å². The van der Waals surface area contributed by atoms with Crippen LogP contribution in [-0.2, 0) is 4.74 Å². The van der Waals surface area contributed by atoms with Gasteiger partial charge >= 0.3 is 0 Å². The van der Waals surface area contributed by atoms with Crippen LogP contribution in [0.2, 0.25) is 0 Å². The summed E-state index contributed by atoms with van der Waals surface area (Å²) in [6, 6.07) is 7.02. The predicted molar refractivity (Wildman–Crippen MR) is 92.9 cm³/mol. The topological polar surface area (TPSA) is 34.2 Å². The molecular weight excluding hydrogens is 304 g/mol. The fraction of sp³-hybridized carbons (Fsp3) is 0.684. The fourth-order valence-corrected chi connectivity index (χ4v) is 4.06. The van der Waals surface area contributed by atoms with Crippen LogP contribution in [0.1, 0.15) is 30.9 Å². The van der Waals surface area contributed by atoms with E-state index >= 15 is 0 Å². The smallest absolute Gasteiger partial charge is 0.161 e. The highest BCUT2D eigenvalue weighted by Crippen LogP contribution is 2.38. The van der Waals surface area contributed by atoms with E-state index in [0.717, 1.165) is 37.8 Å². The SMILES string of the molecule is c1cc2c(cc1C1CCCN1CCCN1CCOCC1)OCCO2. The third-order valence-corrected chi connectivity index (χ3v) is 5.34. The van der Waals surface area contributed by atoms with Crippen molar-refractivity contribution in [2.45, 2.75) is 25.3 Å². The quantitative estimate of drug-likeness (QED) is 0.827. The summed E-state index contributed by atoms with van der Waals surface area (Å²) >= 11 is 0. The number of morpholine rings is 1. The van der Waals surface area contributed by atoms with Crippen LogP contribution in [0, 0.1) is 0 Å². The van der Waals surface area contributed by atoms with Crippen molar-refractivity contribution < 1.29 is 14.2 Å². The summed E-state index contributed by atoms with van der Waals surface area (Å²) in [7, 11) is 0. The molecule has 4 rings (SSSR count). The molecule has 0 saturated carbocycles. The standard InChI is InChI=1S/C19H28N2O3/c1-3-17(16-4-5-18-19(15-16)24-14-13-23-18)21(7-1)8-2-6-20-9-11-22-12-10-20/h4-5,15,17H,1-3,6-14H2. The van der Waals surface area contributed by atoms with Gasteiger partial charge in [-0.05, 0) is 56.6 Å². The van der Waals surface area contributed by atoms with Crippen LogP contribution in [0.5, 0.6) is 11.5 Å². The maximum atomic E-state index is 5.76. The Balaban J connectivity index is 1.34. The van der Waals surface area contributed by atoms with E-state index in [1.165, 1.54) is 44.5 Å². The Hall–Kier alpha value is -1.30. The number of rotatable bonds is 5. The molecule has 0 aliphatic carbocycles. The number of likely N-dealkylation sites (tertiary alicyclic amines) is 1. The number of hydrogen-bond acceptors (Lipinski definition) is 5. The lowest BCUT2D eigenvalue weighted by Crippen LogP contribution is -2.38. The molecule has 3 aliphatic rings. The van der Waals surface area contributed by atoms with Crippen molar-refractivity contribution in [2.75, 3.05) is 59.2 Å².